The molecule has 3 aromatic carbocycles. The molecule has 3 aromatic rings. The van der Waals surface area contributed by atoms with E-state index in [1.54, 1.807) is 0 Å². The molecule has 3 rings (SSSR count). The molecule has 0 atom stereocenters. The smallest absolute Gasteiger partial charge is 0.296 e. The van der Waals surface area contributed by atoms with Gasteiger partial charge < -0.3 is 10.4 Å². The predicted molar refractivity (Wildman–Crippen MR) is 116 cm³/mol. The van der Waals surface area contributed by atoms with E-state index in [9.17, 15) is 35.8 Å². The van der Waals surface area contributed by atoms with Crippen molar-refractivity contribution in [1.82, 2.24) is 0 Å². The van der Waals surface area contributed by atoms with E-state index >= 15 is 0 Å². The second-order valence-electron chi connectivity index (χ2n) is 6.31. The van der Waals surface area contributed by atoms with Crippen LogP contribution in [0.2, 0.25) is 0 Å². The van der Waals surface area contributed by atoms with Crippen LogP contribution in [0.25, 0.3) is 10.8 Å². The molecule has 1 radical (unpaired) electrons. The van der Waals surface area contributed by atoms with Gasteiger partial charge in [0.25, 0.3) is 20.2 Å². The van der Waals surface area contributed by atoms with E-state index in [4.69, 9.17) is 0 Å². The largest absolute Gasteiger partial charge is 0.505 e. The number of aromatic hydroxyl groups is 1. The summed E-state index contributed by atoms with van der Waals surface area (Å²) < 4.78 is 65.6. The van der Waals surface area contributed by atoms with Gasteiger partial charge in [0.2, 0.25) is 5.91 Å². The zero-order valence-corrected chi connectivity index (χ0v) is 20.3. The molecule has 0 aliphatic heterocycles. The maximum Gasteiger partial charge on any atom is 0.296 e. The van der Waals surface area contributed by atoms with Crippen molar-refractivity contribution in [3.05, 3.63) is 48.5 Å². The van der Waals surface area contributed by atoms with Gasteiger partial charge in [-0.25, -0.2) is 0 Å². The van der Waals surface area contributed by atoms with Gasteiger partial charge >= 0.3 is 0 Å². The molecular formula is C18H15N3NaO8S2. The van der Waals surface area contributed by atoms with Gasteiger partial charge in [0.05, 0.1) is 0 Å². The number of nitrogens with zero attached hydrogens (tertiary/aromatic N) is 2. The monoisotopic (exact) mass is 488 g/mol. The Morgan fingerprint density at radius 2 is 1.53 bits per heavy atom. The number of amides is 1. The van der Waals surface area contributed by atoms with Crippen molar-refractivity contribution >= 4 is 83.5 Å². The van der Waals surface area contributed by atoms with Gasteiger partial charge in [0, 0.05) is 47.6 Å². The van der Waals surface area contributed by atoms with Crippen LogP contribution in [0.15, 0.2) is 68.6 Å². The van der Waals surface area contributed by atoms with Crippen molar-refractivity contribution in [3.63, 3.8) is 0 Å². The van der Waals surface area contributed by atoms with Crippen LogP contribution in [0, 0.1) is 0 Å². The molecule has 0 heterocycles. The fourth-order valence-corrected chi connectivity index (χ4v) is 4.07. The third-order valence-electron chi connectivity index (χ3n) is 4.05. The number of phenols is 1. The molecule has 0 unspecified atom stereocenters. The van der Waals surface area contributed by atoms with Gasteiger partial charge in [0.1, 0.15) is 21.2 Å². The van der Waals surface area contributed by atoms with Crippen LogP contribution in [0.5, 0.6) is 5.75 Å². The summed E-state index contributed by atoms with van der Waals surface area (Å²) in [4.78, 5) is 9.84. The summed E-state index contributed by atoms with van der Waals surface area (Å²) >= 11 is 0. The molecule has 11 nitrogen and oxygen atoms in total. The number of carbonyl (C=O) groups is 1. The van der Waals surface area contributed by atoms with Crippen molar-refractivity contribution in [2.45, 2.75) is 16.7 Å². The van der Waals surface area contributed by atoms with Crippen LogP contribution >= 0.6 is 0 Å². The maximum atomic E-state index is 11.9. The number of anilines is 1. The van der Waals surface area contributed by atoms with E-state index in [0.717, 1.165) is 12.1 Å². The Kier molecular flexibility index (Phi) is 7.78. The molecule has 0 bridgehead atoms. The van der Waals surface area contributed by atoms with E-state index in [1.807, 2.05) is 0 Å². The number of fused-ring (bicyclic) bond motifs is 1. The van der Waals surface area contributed by atoms with Crippen LogP contribution in [0.1, 0.15) is 6.92 Å². The maximum absolute atomic E-state index is 11.9. The standard InChI is InChI=1S/C18H15N3O8S2.Na/c1-10(22)19-12-6-7-13-11(8-12)9-16(31(27,28)29)17(18(13)23)21-20-14-4-2-3-5-15(14)30(24,25)26;/h2-9,23H,1H3,(H,19,22)(H,24,25,26)(H,27,28,29);. The number of azo groups is 1. The van der Waals surface area contributed by atoms with Gasteiger partial charge in [-0.05, 0) is 41.8 Å². The fraction of sp³-hybridized carbons (Fsp3) is 0.0556. The quantitative estimate of drug-likeness (QED) is 0.240. The number of hydrogen-bond donors (Lipinski definition) is 4. The number of rotatable bonds is 5. The average Bonchev–Trinajstić information content (AvgIpc) is 2.65. The normalized spacial score (nSPS) is 12.0. The Morgan fingerprint density at radius 1 is 0.906 bits per heavy atom. The molecule has 0 fully saturated rings. The van der Waals surface area contributed by atoms with E-state index in [0.29, 0.717) is 5.69 Å². The van der Waals surface area contributed by atoms with Crippen molar-refractivity contribution in [2.24, 2.45) is 10.2 Å². The Bertz CT molecular complexity index is 1450. The topological polar surface area (TPSA) is 183 Å². The SMILES string of the molecule is CC(=O)Nc1ccc2c(O)c(N=Nc3ccccc3S(=O)(=O)O)c(S(=O)(=O)O)cc2c1.[Na]. The van der Waals surface area contributed by atoms with Crippen molar-refractivity contribution in [3.8, 4) is 5.75 Å². The van der Waals surface area contributed by atoms with E-state index in [2.05, 4.69) is 15.5 Å². The number of nitrogens with one attached hydrogen (secondary N) is 1. The third-order valence-corrected chi connectivity index (χ3v) is 5.82. The third kappa shape index (κ3) is 5.69. The Morgan fingerprint density at radius 3 is 2.12 bits per heavy atom. The molecule has 0 aliphatic rings. The zero-order chi connectivity index (χ0) is 23.0. The first-order valence-corrected chi connectivity index (χ1v) is 11.3. The molecular weight excluding hydrogens is 473 g/mol. The second-order valence-corrected chi connectivity index (χ2v) is 9.09. The second kappa shape index (κ2) is 9.62. The molecule has 0 saturated carbocycles. The summed E-state index contributed by atoms with van der Waals surface area (Å²) in [6, 6.07) is 10.2. The minimum absolute atomic E-state index is 0. The summed E-state index contributed by atoms with van der Waals surface area (Å²) in [5, 5.41) is 20.6. The van der Waals surface area contributed by atoms with Crippen LogP contribution < -0.4 is 5.32 Å². The molecule has 14 heteroatoms. The summed E-state index contributed by atoms with van der Waals surface area (Å²) in [6.07, 6.45) is 0. The van der Waals surface area contributed by atoms with Gasteiger partial charge in [0.15, 0.2) is 5.75 Å². The van der Waals surface area contributed by atoms with E-state index in [1.165, 1.54) is 43.3 Å². The molecule has 0 aliphatic carbocycles. The van der Waals surface area contributed by atoms with Gasteiger partial charge in [-0.3, -0.25) is 13.9 Å². The molecule has 1 amide bonds. The van der Waals surface area contributed by atoms with Gasteiger partial charge in [-0.2, -0.15) is 16.8 Å². The summed E-state index contributed by atoms with van der Waals surface area (Å²) in [6.45, 7) is 1.28. The number of carbonyl (C=O) groups excluding carboxylic acids is 1. The number of phenolic OH excluding ortho intramolecular Hbond substituents is 1. The Balaban J connectivity index is 0.00000363. The molecule has 32 heavy (non-hydrogen) atoms. The minimum Gasteiger partial charge on any atom is -0.505 e. The molecule has 163 valence electrons. The van der Waals surface area contributed by atoms with Crippen molar-refractivity contribution < 1.29 is 35.8 Å². The minimum atomic E-state index is -4.89. The van der Waals surface area contributed by atoms with E-state index < -0.39 is 41.5 Å². The Labute approximate surface area is 205 Å². The number of hydrogen-bond acceptors (Lipinski definition) is 8. The van der Waals surface area contributed by atoms with Crippen LogP contribution in [0.3, 0.4) is 0 Å². The van der Waals surface area contributed by atoms with Crippen molar-refractivity contribution in [2.75, 3.05) is 5.32 Å². The van der Waals surface area contributed by atoms with Gasteiger partial charge in [-0.15, -0.1) is 10.2 Å². The van der Waals surface area contributed by atoms with Crippen molar-refractivity contribution in [1.29, 1.82) is 0 Å². The predicted octanol–water partition coefficient (Wildman–Crippen LogP) is 3.03. The fourth-order valence-electron chi connectivity index (χ4n) is 2.79. The zero-order valence-electron chi connectivity index (χ0n) is 16.7. The first-order chi connectivity index (χ1) is 14.4. The molecule has 4 N–H and O–H groups in total. The first kappa shape index (κ1) is 25.9. The summed E-state index contributed by atoms with van der Waals surface area (Å²) in [5.41, 5.74) is -0.656. The molecule has 0 saturated heterocycles. The van der Waals surface area contributed by atoms with Crippen LogP contribution in [0.4, 0.5) is 17.1 Å². The van der Waals surface area contributed by atoms with E-state index in [-0.39, 0.29) is 51.9 Å². The summed E-state index contributed by atoms with van der Waals surface area (Å²) in [7, 11) is -9.55. The first-order valence-electron chi connectivity index (χ1n) is 8.41. The van der Waals surface area contributed by atoms with Gasteiger partial charge in [-0.1, -0.05) is 12.1 Å². The molecule has 0 aromatic heterocycles. The average molecular weight is 488 g/mol. The van der Waals surface area contributed by atoms with Crippen LogP contribution in [-0.2, 0) is 25.0 Å². The number of benzene rings is 3. The van der Waals surface area contributed by atoms with Crippen LogP contribution in [-0.4, -0.2) is 66.5 Å². The summed E-state index contributed by atoms with van der Waals surface area (Å²) in [5.74, 6) is -1.03. The molecule has 0 spiro atoms. The Hall–Kier alpha value is -2.39.